The van der Waals surface area contributed by atoms with E-state index in [9.17, 15) is 14.7 Å². The van der Waals surface area contributed by atoms with Gasteiger partial charge >= 0.3 is 5.97 Å². The molecule has 0 fully saturated rings. The molecule has 2 aromatic carbocycles. The Morgan fingerprint density at radius 2 is 1.81 bits per heavy atom. The van der Waals surface area contributed by atoms with Crippen molar-refractivity contribution in [2.75, 3.05) is 14.2 Å². The molecule has 0 saturated carbocycles. The first-order valence-electron chi connectivity index (χ1n) is 10.0. The molecule has 31 heavy (non-hydrogen) atoms. The molecule has 0 saturated heterocycles. The van der Waals surface area contributed by atoms with Gasteiger partial charge in [0.2, 0.25) is 5.91 Å². The van der Waals surface area contributed by atoms with Gasteiger partial charge in [-0.25, -0.2) is 0 Å². The zero-order chi connectivity index (χ0) is 22.8. The first kappa shape index (κ1) is 23.7. The van der Waals surface area contributed by atoms with E-state index in [4.69, 9.17) is 20.6 Å². The fraction of sp³-hybridized carbons (Fsp3) is 0.348. The van der Waals surface area contributed by atoms with Gasteiger partial charge in [-0.2, -0.15) is 0 Å². The molecule has 166 valence electrons. The number of aryl methyl sites for hydroxylation is 1. The minimum Gasteiger partial charge on any atom is -0.497 e. The second-order valence-corrected chi connectivity index (χ2v) is 7.14. The fourth-order valence-corrected chi connectivity index (χ4v) is 3.26. The van der Waals surface area contributed by atoms with Crippen LogP contribution in [0, 0.1) is 5.41 Å². The molecule has 2 rings (SSSR count). The van der Waals surface area contributed by atoms with Gasteiger partial charge in [0.1, 0.15) is 17.3 Å². The van der Waals surface area contributed by atoms with Gasteiger partial charge in [0.15, 0.2) is 0 Å². The van der Waals surface area contributed by atoms with Crippen molar-refractivity contribution in [3.8, 4) is 11.5 Å². The molecule has 1 unspecified atom stereocenters. The summed E-state index contributed by atoms with van der Waals surface area (Å²) in [5, 5.41) is 19.5. The summed E-state index contributed by atoms with van der Waals surface area (Å²) in [6.07, 6.45) is 2.29. The number of hydrogen-bond donors (Lipinski definition) is 4. The minimum absolute atomic E-state index is 0.0341. The van der Waals surface area contributed by atoms with E-state index >= 15 is 0 Å². The van der Waals surface area contributed by atoms with Gasteiger partial charge < -0.3 is 25.6 Å². The maximum Gasteiger partial charge on any atom is 0.305 e. The lowest BCUT2D eigenvalue weighted by molar-refractivity contribution is -0.137. The van der Waals surface area contributed by atoms with Crippen molar-refractivity contribution >= 4 is 17.7 Å². The van der Waals surface area contributed by atoms with E-state index in [1.54, 1.807) is 18.2 Å². The number of nitrogens with one attached hydrogen (secondary N) is 2. The summed E-state index contributed by atoms with van der Waals surface area (Å²) >= 11 is 0. The summed E-state index contributed by atoms with van der Waals surface area (Å²) < 4.78 is 10.6. The average Bonchev–Trinajstić information content (AvgIpc) is 2.75. The SMILES string of the molecule is COc1ccc(OC)c(C(CC(=O)O)NC(=O)CCCCc2ccc(C(=N)N)cc2)c1. The smallest absolute Gasteiger partial charge is 0.305 e. The third-order valence-electron chi connectivity index (χ3n) is 4.91. The van der Waals surface area contributed by atoms with Crippen molar-refractivity contribution < 1.29 is 24.2 Å². The maximum atomic E-state index is 12.5. The lowest BCUT2D eigenvalue weighted by Crippen LogP contribution is -2.30. The lowest BCUT2D eigenvalue weighted by atomic mass is 10.0. The lowest BCUT2D eigenvalue weighted by Gasteiger charge is -2.20. The number of carbonyl (C=O) groups is 2. The number of amidine groups is 1. The van der Waals surface area contributed by atoms with Crippen LogP contribution in [-0.4, -0.2) is 37.0 Å². The van der Waals surface area contributed by atoms with Gasteiger partial charge in [0, 0.05) is 17.5 Å². The standard InChI is InChI=1S/C23H29N3O5/c1-30-17-11-12-20(31-2)18(13-17)19(14-22(28)29)26-21(27)6-4-3-5-15-7-9-16(10-8-15)23(24)25/h7-13,19H,3-6,14H2,1-2H3,(H3,24,25)(H,26,27)(H,28,29). The Morgan fingerprint density at radius 1 is 1.10 bits per heavy atom. The van der Waals surface area contributed by atoms with Gasteiger partial charge in [-0.1, -0.05) is 24.3 Å². The van der Waals surface area contributed by atoms with Gasteiger partial charge in [0.25, 0.3) is 0 Å². The van der Waals surface area contributed by atoms with E-state index in [1.165, 1.54) is 14.2 Å². The number of ether oxygens (including phenoxy) is 2. The van der Waals surface area contributed by atoms with Crippen LogP contribution in [-0.2, 0) is 16.0 Å². The second-order valence-electron chi connectivity index (χ2n) is 7.14. The number of unbranched alkanes of at least 4 members (excludes halogenated alkanes) is 1. The zero-order valence-electron chi connectivity index (χ0n) is 17.8. The minimum atomic E-state index is -1.02. The van der Waals surface area contributed by atoms with Crippen LogP contribution in [0.1, 0.15) is 48.4 Å². The highest BCUT2D eigenvalue weighted by Crippen LogP contribution is 2.31. The van der Waals surface area contributed by atoms with E-state index in [0.717, 1.165) is 18.4 Å². The summed E-state index contributed by atoms with van der Waals surface area (Å²) in [5.41, 5.74) is 7.80. The molecule has 1 amide bonds. The van der Waals surface area contributed by atoms with Crippen LogP contribution in [0.25, 0.3) is 0 Å². The van der Waals surface area contributed by atoms with Crippen LogP contribution < -0.4 is 20.5 Å². The summed E-state index contributed by atoms with van der Waals surface area (Å²) in [6, 6.07) is 11.8. The first-order valence-corrected chi connectivity index (χ1v) is 10.0. The van der Waals surface area contributed by atoms with E-state index < -0.39 is 12.0 Å². The van der Waals surface area contributed by atoms with Gasteiger partial charge in [-0.15, -0.1) is 0 Å². The monoisotopic (exact) mass is 427 g/mol. The number of methoxy groups -OCH3 is 2. The molecule has 0 bridgehead atoms. The van der Waals surface area contributed by atoms with E-state index in [2.05, 4.69) is 5.32 Å². The molecule has 0 heterocycles. The van der Waals surface area contributed by atoms with Crippen molar-refractivity contribution in [1.82, 2.24) is 5.32 Å². The summed E-state index contributed by atoms with van der Waals surface area (Å²) in [7, 11) is 3.01. The topological polar surface area (TPSA) is 135 Å². The molecular weight excluding hydrogens is 398 g/mol. The van der Waals surface area contributed by atoms with Crippen molar-refractivity contribution in [3.63, 3.8) is 0 Å². The van der Waals surface area contributed by atoms with Crippen LogP contribution in [0.5, 0.6) is 11.5 Å². The largest absolute Gasteiger partial charge is 0.497 e. The quantitative estimate of drug-likeness (QED) is 0.234. The fourth-order valence-electron chi connectivity index (χ4n) is 3.26. The molecule has 0 aliphatic carbocycles. The predicted molar refractivity (Wildman–Crippen MR) is 118 cm³/mol. The average molecular weight is 428 g/mol. The molecule has 0 aromatic heterocycles. The number of amides is 1. The Morgan fingerprint density at radius 3 is 2.39 bits per heavy atom. The maximum absolute atomic E-state index is 12.5. The number of hydrogen-bond acceptors (Lipinski definition) is 5. The Hall–Kier alpha value is -3.55. The third kappa shape index (κ3) is 7.33. The summed E-state index contributed by atoms with van der Waals surface area (Å²) in [4.78, 5) is 23.8. The molecule has 2 aromatic rings. The normalized spacial score (nSPS) is 11.4. The highest BCUT2D eigenvalue weighted by Gasteiger charge is 2.22. The van der Waals surface area contributed by atoms with Crippen LogP contribution in [0.2, 0.25) is 0 Å². The highest BCUT2D eigenvalue weighted by molar-refractivity contribution is 5.94. The number of carbonyl (C=O) groups excluding carboxylic acids is 1. The van der Waals surface area contributed by atoms with Crippen molar-refractivity contribution in [2.24, 2.45) is 5.73 Å². The van der Waals surface area contributed by atoms with E-state index in [-0.39, 0.29) is 24.6 Å². The summed E-state index contributed by atoms with van der Waals surface area (Å²) in [6.45, 7) is 0. The molecule has 1 atom stereocenters. The van der Waals surface area contributed by atoms with Crippen molar-refractivity contribution in [2.45, 2.75) is 38.1 Å². The molecule has 0 aliphatic heterocycles. The number of nitrogen functional groups attached to an aromatic ring is 1. The summed E-state index contributed by atoms with van der Waals surface area (Å²) in [5.74, 6) is -0.170. The number of carboxylic acid groups (broad SMARTS) is 1. The number of nitrogens with two attached hydrogens (primary N) is 1. The highest BCUT2D eigenvalue weighted by atomic mass is 16.5. The van der Waals surface area contributed by atoms with Gasteiger partial charge in [0.05, 0.1) is 26.7 Å². The van der Waals surface area contributed by atoms with Crippen molar-refractivity contribution in [1.29, 1.82) is 5.41 Å². The number of rotatable bonds is 12. The number of carboxylic acids is 1. The number of aliphatic carboxylic acids is 1. The van der Waals surface area contributed by atoms with E-state index in [1.807, 2.05) is 24.3 Å². The van der Waals surface area contributed by atoms with Crippen molar-refractivity contribution in [3.05, 3.63) is 59.2 Å². The predicted octanol–water partition coefficient (Wildman–Crippen LogP) is 3.03. The van der Waals surface area contributed by atoms with E-state index in [0.29, 0.717) is 29.0 Å². The second kappa shape index (κ2) is 11.6. The third-order valence-corrected chi connectivity index (χ3v) is 4.91. The van der Waals surface area contributed by atoms with Gasteiger partial charge in [-0.05, 0) is 43.0 Å². The number of benzene rings is 2. The van der Waals surface area contributed by atoms with Crippen LogP contribution in [0.4, 0.5) is 0 Å². The first-order chi connectivity index (χ1) is 14.8. The molecule has 0 aliphatic rings. The molecule has 0 radical (unpaired) electrons. The molecule has 8 nitrogen and oxygen atoms in total. The van der Waals surface area contributed by atoms with Crippen LogP contribution >= 0.6 is 0 Å². The van der Waals surface area contributed by atoms with Crippen LogP contribution in [0.15, 0.2) is 42.5 Å². The molecule has 0 spiro atoms. The van der Waals surface area contributed by atoms with Gasteiger partial charge in [-0.3, -0.25) is 15.0 Å². The molecule has 8 heteroatoms. The Bertz CT molecular complexity index is 912. The molecular formula is C23H29N3O5. The Kier molecular flexibility index (Phi) is 8.87. The molecule has 5 N–H and O–H groups in total. The van der Waals surface area contributed by atoms with Crippen LogP contribution in [0.3, 0.4) is 0 Å². The Balaban J connectivity index is 1.94. The zero-order valence-corrected chi connectivity index (χ0v) is 17.8. The Labute approximate surface area is 181 Å².